The average molecular weight is 1060 g/mol. The van der Waals surface area contributed by atoms with Gasteiger partial charge in [0.2, 0.25) is 5.91 Å². The van der Waals surface area contributed by atoms with Gasteiger partial charge in [-0.1, -0.05) is 39.8 Å². The molecule has 1 unspecified atom stereocenters. The molecule has 0 radical (unpaired) electrons. The lowest BCUT2D eigenvalue weighted by molar-refractivity contribution is -0.197. The van der Waals surface area contributed by atoms with Crippen LogP contribution in [-0.2, 0) is 47.6 Å². The maximum Gasteiger partial charge on any atom is 0.353 e. The van der Waals surface area contributed by atoms with E-state index in [9.17, 15) is 46.5 Å². The first-order valence-electron chi connectivity index (χ1n) is 22.5. The molecule has 2 aromatic heterocycles. The number of nitrogens with zero attached hydrogens (tertiary/aromatic N) is 4. The van der Waals surface area contributed by atoms with Gasteiger partial charge in [0, 0.05) is 84.3 Å². The number of carbonyl (C=O) groups is 7. The fourth-order valence-corrected chi connectivity index (χ4v) is 12.4. The predicted molar refractivity (Wildman–Crippen MR) is 274 cm³/mol. The summed E-state index contributed by atoms with van der Waals surface area (Å²) < 4.78 is 46.9. The molecule has 1 fully saturated rings. The highest BCUT2D eigenvalue weighted by atomic mass is 33.1. The zero-order chi connectivity index (χ0) is 51.5. The van der Waals surface area contributed by atoms with Crippen LogP contribution in [0.1, 0.15) is 82.0 Å². The Hall–Kier alpha value is -6.73. The Labute approximate surface area is 425 Å². The quantitative estimate of drug-likeness (QED) is 0.0273. The minimum Gasteiger partial charge on any atom is -0.493 e. The molecule has 8 rings (SSSR count). The largest absolute Gasteiger partial charge is 0.493 e. The number of hydroxylamine groups is 2. The second kappa shape index (κ2) is 21.5. The number of hydrogen-bond donors (Lipinski definition) is 4. The third-order valence-corrected chi connectivity index (χ3v) is 17.3. The molecule has 3 aliphatic rings. The number of fused-ring (bicyclic) bond motifs is 5. The number of amides is 6. The molecule has 3 aromatic carbocycles. The second-order valence-electron chi connectivity index (χ2n) is 17.5. The molecule has 6 amide bonds. The summed E-state index contributed by atoms with van der Waals surface area (Å²) in [6, 6.07) is 19.5. The zero-order valence-electron chi connectivity index (χ0n) is 39.3. The van der Waals surface area contributed by atoms with Crippen molar-refractivity contribution in [1.82, 2.24) is 14.9 Å². The van der Waals surface area contributed by atoms with Crippen LogP contribution >= 0.6 is 32.9 Å². The monoisotopic (exact) mass is 1060 g/mol. The van der Waals surface area contributed by atoms with E-state index in [-0.39, 0.29) is 79.1 Å². The van der Waals surface area contributed by atoms with Crippen LogP contribution in [0.25, 0.3) is 10.1 Å². The maximum atomic E-state index is 13.7. The maximum absolute atomic E-state index is 13.7. The van der Waals surface area contributed by atoms with Gasteiger partial charge in [-0.25, -0.2) is 4.79 Å². The molecule has 2 atom stereocenters. The van der Waals surface area contributed by atoms with E-state index in [1.54, 1.807) is 71.4 Å². The number of benzene rings is 3. The average Bonchev–Trinajstić information content (AvgIpc) is 4.10. The lowest BCUT2D eigenvalue weighted by Crippen LogP contribution is -2.40. The Balaban J connectivity index is 0.778. The van der Waals surface area contributed by atoms with Gasteiger partial charge in [-0.2, -0.15) is 8.42 Å². The molecule has 5 aromatic rings. The van der Waals surface area contributed by atoms with Gasteiger partial charge in [-0.05, 0) is 80.1 Å². The van der Waals surface area contributed by atoms with Crippen LogP contribution in [0.15, 0.2) is 77.9 Å². The van der Waals surface area contributed by atoms with Gasteiger partial charge in [0.1, 0.15) is 5.69 Å². The van der Waals surface area contributed by atoms with Crippen LogP contribution in [0.4, 0.5) is 22.7 Å². The van der Waals surface area contributed by atoms with Crippen molar-refractivity contribution < 1.29 is 60.8 Å². The molecule has 4 N–H and O–H groups in total. The second-order valence-corrected chi connectivity index (χ2v) is 23.4. The molecule has 0 spiro atoms. The normalized spacial score (nSPS) is 15.7. The van der Waals surface area contributed by atoms with E-state index in [4.69, 9.17) is 14.3 Å². The first-order valence-corrected chi connectivity index (χ1v) is 27.2. The van der Waals surface area contributed by atoms with E-state index in [0.29, 0.717) is 51.8 Å². The number of thiophene rings is 1. The molecule has 3 aliphatic heterocycles. The molecular weight excluding hydrogens is 1010 g/mol. The summed E-state index contributed by atoms with van der Waals surface area (Å²) in [4.78, 5) is 101. The van der Waals surface area contributed by atoms with Crippen molar-refractivity contribution in [3.8, 4) is 11.5 Å². The Bertz CT molecular complexity index is 3130. The van der Waals surface area contributed by atoms with Crippen LogP contribution in [-0.4, -0.2) is 112 Å². The van der Waals surface area contributed by atoms with E-state index in [0.717, 1.165) is 21.3 Å². The number of hydrogen-bond acceptors (Lipinski definition) is 16. The molecule has 378 valence electrons. The number of para-hydroxylation sites is 1. The van der Waals surface area contributed by atoms with Crippen LogP contribution < -0.4 is 30.3 Å². The zero-order valence-corrected chi connectivity index (χ0v) is 42.6. The van der Waals surface area contributed by atoms with Crippen LogP contribution in [0.3, 0.4) is 0 Å². The third kappa shape index (κ3) is 11.8. The fourth-order valence-electron chi connectivity index (χ4n) is 8.07. The molecule has 0 aliphatic carbocycles. The van der Waals surface area contributed by atoms with Crippen molar-refractivity contribution >= 4 is 124 Å². The van der Waals surface area contributed by atoms with Crippen molar-refractivity contribution in [2.45, 2.75) is 68.4 Å². The van der Waals surface area contributed by atoms with Crippen molar-refractivity contribution in [3.63, 3.8) is 0 Å². The topological polar surface area (TPSA) is 261 Å². The van der Waals surface area contributed by atoms with Gasteiger partial charge in [0.25, 0.3) is 39.7 Å². The van der Waals surface area contributed by atoms with E-state index >= 15 is 0 Å². The molecule has 5 heterocycles. The number of nitrogens with one attached hydrogen (secondary N) is 3. The van der Waals surface area contributed by atoms with E-state index in [2.05, 4.69) is 20.9 Å². The number of aryl methyl sites for hydroxylation is 1. The van der Waals surface area contributed by atoms with Gasteiger partial charge in [0.05, 0.1) is 41.6 Å². The van der Waals surface area contributed by atoms with Crippen molar-refractivity contribution in [2.75, 3.05) is 41.5 Å². The minimum atomic E-state index is -4.92. The van der Waals surface area contributed by atoms with Crippen molar-refractivity contribution in [2.24, 2.45) is 12.0 Å². The molecule has 1 saturated heterocycles. The highest BCUT2D eigenvalue weighted by Gasteiger charge is 2.40. The summed E-state index contributed by atoms with van der Waals surface area (Å²) in [5, 5.41) is 7.55. The molecular formula is C48H49N7O13S4. The summed E-state index contributed by atoms with van der Waals surface area (Å²) in [6.07, 6.45) is 3.84. The van der Waals surface area contributed by atoms with Gasteiger partial charge in [0.15, 0.2) is 16.7 Å². The Morgan fingerprint density at radius 3 is 2.47 bits per heavy atom. The van der Waals surface area contributed by atoms with Crippen LogP contribution in [0.5, 0.6) is 11.5 Å². The first kappa shape index (κ1) is 51.6. The van der Waals surface area contributed by atoms with E-state index in [1.807, 2.05) is 38.1 Å². The summed E-state index contributed by atoms with van der Waals surface area (Å²) in [5.41, 5.74) is 4.01. The minimum absolute atomic E-state index is 0.0617. The number of ether oxygens (including phenoxy) is 2. The number of imide groups is 1. The van der Waals surface area contributed by atoms with Crippen LogP contribution in [0.2, 0.25) is 0 Å². The summed E-state index contributed by atoms with van der Waals surface area (Å²) >= 11 is 1.26. The highest BCUT2D eigenvalue weighted by Crippen LogP contribution is 2.41. The standard InChI is InChI=1S/C48H49N7O13S4/c1-48(2,71-69-17-15-40(72(63,64)65)47(62)68-55-42(57)13-14-43(55)58)26-50-45(60)39-20-28-18-29(11-12-38(28)70-39)52-44(59)35-21-30(25-53(35)3)51-41(56)10-7-16-67-37-23-33-32(22-36(37)66-4)46(61)54-31(24-49-33)19-27-8-5-6-9-34(27)54/h5-6,8-9,11-12,18,20-25,31,40H,7,10,13-17,19,26H2,1-4H3,(H,50,60)(H,51,56)(H,52,59)(H,63,64,65)/t31-,40?/m0/s1. The highest BCUT2D eigenvalue weighted by molar-refractivity contribution is 8.77. The molecule has 72 heavy (non-hydrogen) atoms. The number of anilines is 3. The fraction of sp³-hybridized carbons (Fsp3) is 0.333. The summed E-state index contributed by atoms with van der Waals surface area (Å²) in [7, 11) is 0.773. The Morgan fingerprint density at radius 1 is 0.958 bits per heavy atom. The van der Waals surface area contributed by atoms with E-state index < -0.39 is 43.8 Å². The van der Waals surface area contributed by atoms with Gasteiger partial charge < -0.3 is 34.8 Å². The van der Waals surface area contributed by atoms with Crippen molar-refractivity contribution in [3.05, 3.63) is 94.6 Å². The number of aliphatic imine (C=N–C) groups is 1. The number of aromatic nitrogens is 1. The predicted octanol–water partition coefficient (Wildman–Crippen LogP) is 6.73. The Kier molecular flexibility index (Phi) is 15.4. The summed E-state index contributed by atoms with van der Waals surface area (Å²) in [5.74, 6) is -3.40. The van der Waals surface area contributed by atoms with Crippen LogP contribution in [0, 0.1) is 0 Å². The number of methoxy groups -OCH3 is 1. The lowest BCUT2D eigenvalue weighted by atomic mass is 10.1. The lowest BCUT2D eigenvalue weighted by Gasteiger charge is -2.23. The Morgan fingerprint density at radius 2 is 1.72 bits per heavy atom. The van der Waals surface area contributed by atoms with E-state index in [1.165, 1.54) is 40.0 Å². The third-order valence-electron chi connectivity index (χ3n) is 11.7. The number of carbonyl (C=O) groups excluding carboxylic acids is 7. The van der Waals surface area contributed by atoms with Gasteiger partial charge in [-0.15, -0.1) is 16.4 Å². The molecule has 20 nitrogen and oxygen atoms in total. The summed E-state index contributed by atoms with van der Waals surface area (Å²) in [6.45, 7) is 4.09. The smallest absolute Gasteiger partial charge is 0.353 e. The SMILES string of the molecule is COc1cc2c(cc1OCCCC(=O)Nc1cc(C(=O)Nc3ccc4sc(C(=O)NCC(C)(C)SSCCC(C(=O)ON5C(=O)CCC5=O)S(=O)(=O)O)cc4c3)n(C)c1)N=C[C@@H]1Cc3ccccc3N1C2=O. The molecule has 24 heteroatoms. The molecule has 0 bridgehead atoms. The van der Waals surface area contributed by atoms with Gasteiger partial charge in [-0.3, -0.25) is 43.2 Å². The van der Waals surface area contributed by atoms with Gasteiger partial charge >= 0.3 is 5.97 Å². The molecule has 0 saturated carbocycles. The number of rotatable bonds is 20. The van der Waals surface area contributed by atoms with Crippen molar-refractivity contribution in [1.29, 1.82) is 0 Å². The first-order chi connectivity index (χ1) is 34.3.